The first-order valence-electron chi connectivity index (χ1n) is 7.57. The summed E-state index contributed by atoms with van der Waals surface area (Å²) >= 11 is 0. The number of amides is 1. The molecule has 2 rings (SSSR count). The second kappa shape index (κ2) is 7.56. The molecule has 1 aliphatic rings. The van der Waals surface area contributed by atoms with Crippen molar-refractivity contribution in [2.45, 2.75) is 38.3 Å². The number of ether oxygens (including phenoxy) is 1. The number of hydrogen-bond donors (Lipinski definition) is 2. The molecule has 1 fully saturated rings. The highest BCUT2D eigenvalue weighted by Gasteiger charge is 2.34. The van der Waals surface area contributed by atoms with Crippen LogP contribution in [0.25, 0.3) is 0 Å². The molecule has 1 aliphatic heterocycles. The average molecular weight is 311 g/mol. The van der Waals surface area contributed by atoms with Crippen molar-refractivity contribution in [3.8, 4) is 0 Å². The van der Waals surface area contributed by atoms with E-state index in [1.54, 1.807) is 13.0 Å². The number of benzene rings is 1. The lowest BCUT2D eigenvalue weighted by Gasteiger charge is -2.38. The average Bonchev–Trinajstić information content (AvgIpc) is 2.49. The highest BCUT2D eigenvalue weighted by Crippen LogP contribution is 2.34. The van der Waals surface area contributed by atoms with E-state index in [4.69, 9.17) is 4.74 Å². The van der Waals surface area contributed by atoms with E-state index in [2.05, 4.69) is 0 Å². The maximum atomic E-state index is 13.7. The van der Waals surface area contributed by atoms with Crippen LogP contribution in [0.4, 0.5) is 9.18 Å². The van der Waals surface area contributed by atoms with Crippen molar-refractivity contribution in [2.24, 2.45) is 0 Å². The molecule has 1 aromatic carbocycles. The van der Waals surface area contributed by atoms with Gasteiger partial charge in [-0.15, -0.1) is 0 Å². The van der Waals surface area contributed by atoms with Gasteiger partial charge in [0.1, 0.15) is 5.82 Å². The lowest BCUT2D eigenvalue weighted by atomic mass is 9.89. The van der Waals surface area contributed by atoms with Crippen LogP contribution in [0, 0.1) is 5.82 Å². The maximum Gasteiger partial charge on any atom is 0.410 e. The fraction of sp³-hybridized carbons (Fsp3) is 0.562. The van der Waals surface area contributed by atoms with Crippen LogP contribution in [-0.2, 0) is 11.2 Å². The summed E-state index contributed by atoms with van der Waals surface area (Å²) in [5.74, 6) is -0.402. The Morgan fingerprint density at radius 2 is 2.27 bits per heavy atom. The molecule has 122 valence electrons. The summed E-state index contributed by atoms with van der Waals surface area (Å²) in [4.78, 5) is 13.7. The lowest BCUT2D eigenvalue weighted by molar-refractivity contribution is 0.0298. The predicted octanol–water partition coefficient (Wildman–Crippen LogP) is 2.01. The van der Waals surface area contributed by atoms with Gasteiger partial charge in [-0.2, -0.15) is 0 Å². The van der Waals surface area contributed by atoms with Crippen molar-refractivity contribution in [1.29, 1.82) is 0 Å². The van der Waals surface area contributed by atoms with Gasteiger partial charge >= 0.3 is 6.09 Å². The third kappa shape index (κ3) is 3.75. The van der Waals surface area contributed by atoms with Crippen LogP contribution in [0.5, 0.6) is 0 Å². The summed E-state index contributed by atoms with van der Waals surface area (Å²) in [5.41, 5.74) is 1.40. The number of aliphatic hydroxyl groups excluding tert-OH is 2. The van der Waals surface area contributed by atoms with E-state index in [-0.39, 0.29) is 13.2 Å². The first-order chi connectivity index (χ1) is 10.6. The van der Waals surface area contributed by atoms with Gasteiger partial charge in [-0.3, -0.25) is 0 Å². The Bertz CT molecular complexity index is 523. The summed E-state index contributed by atoms with van der Waals surface area (Å²) in [6.45, 7) is 2.29. The number of likely N-dealkylation sites (tertiary alicyclic amines) is 1. The second-order valence-electron chi connectivity index (χ2n) is 5.40. The molecule has 0 aliphatic carbocycles. The number of rotatable bonds is 4. The van der Waals surface area contributed by atoms with E-state index in [1.165, 1.54) is 17.0 Å². The third-order valence-corrected chi connectivity index (χ3v) is 3.93. The van der Waals surface area contributed by atoms with Crippen LogP contribution in [0.3, 0.4) is 0 Å². The van der Waals surface area contributed by atoms with Crippen LogP contribution < -0.4 is 0 Å². The molecular formula is C16H22FNO4. The molecule has 6 heteroatoms. The summed E-state index contributed by atoms with van der Waals surface area (Å²) in [6.07, 6.45) is 0.180. The Balaban J connectivity index is 2.36. The first-order valence-corrected chi connectivity index (χ1v) is 7.57. The fourth-order valence-electron chi connectivity index (χ4n) is 2.89. The minimum atomic E-state index is -0.541. The molecule has 5 nitrogen and oxygen atoms in total. The smallest absolute Gasteiger partial charge is 0.410 e. The Morgan fingerprint density at radius 3 is 2.95 bits per heavy atom. The van der Waals surface area contributed by atoms with Gasteiger partial charge in [0.15, 0.2) is 0 Å². The number of aliphatic hydroxyl groups is 2. The number of hydrogen-bond acceptors (Lipinski definition) is 4. The van der Waals surface area contributed by atoms with Crippen LogP contribution >= 0.6 is 0 Å². The van der Waals surface area contributed by atoms with Crippen LogP contribution in [0.2, 0.25) is 0 Å². The molecule has 0 radical (unpaired) electrons. The van der Waals surface area contributed by atoms with Gasteiger partial charge in [0.25, 0.3) is 0 Å². The second-order valence-corrected chi connectivity index (χ2v) is 5.40. The van der Waals surface area contributed by atoms with Crippen LogP contribution in [0.15, 0.2) is 18.2 Å². The number of piperidine rings is 1. The molecule has 1 aromatic rings. The summed E-state index contributed by atoms with van der Waals surface area (Å²) in [7, 11) is 0. The maximum absolute atomic E-state index is 13.7. The van der Waals surface area contributed by atoms with E-state index in [9.17, 15) is 19.4 Å². The zero-order chi connectivity index (χ0) is 16.1. The summed E-state index contributed by atoms with van der Waals surface area (Å²) in [5, 5.41) is 19.1. The lowest BCUT2D eigenvalue weighted by Crippen LogP contribution is -2.43. The van der Waals surface area contributed by atoms with Gasteiger partial charge in [-0.25, -0.2) is 9.18 Å². The van der Waals surface area contributed by atoms with E-state index in [0.29, 0.717) is 31.4 Å². The van der Waals surface area contributed by atoms with Gasteiger partial charge in [0, 0.05) is 13.2 Å². The van der Waals surface area contributed by atoms with Gasteiger partial charge in [-0.05, 0) is 49.4 Å². The Kier molecular flexibility index (Phi) is 5.74. The van der Waals surface area contributed by atoms with Crippen LogP contribution in [0.1, 0.15) is 36.9 Å². The van der Waals surface area contributed by atoms with Crippen molar-refractivity contribution >= 4 is 6.09 Å². The molecule has 0 saturated carbocycles. The SMILES string of the molecule is CCOC(=O)N1CCC(O)CC1c1cc(F)ccc1CCO. The monoisotopic (exact) mass is 311 g/mol. The van der Waals surface area contributed by atoms with E-state index in [1.807, 2.05) is 0 Å². The molecular weight excluding hydrogens is 289 g/mol. The Hall–Kier alpha value is -1.66. The van der Waals surface area contributed by atoms with Gasteiger partial charge in [-0.1, -0.05) is 6.07 Å². The molecule has 1 amide bonds. The van der Waals surface area contributed by atoms with Crippen molar-refractivity contribution < 1.29 is 24.1 Å². The van der Waals surface area contributed by atoms with Crippen molar-refractivity contribution in [3.05, 3.63) is 35.1 Å². The van der Waals surface area contributed by atoms with E-state index in [0.717, 1.165) is 5.56 Å². The zero-order valence-corrected chi connectivity index (χ0v) is 12.7. The Morgan fingerprint density at radius 1 is 1.50 bits per heavy atom. The number of halogens is 1. The predicted molar refractivity (Wildman–Crippen MR) is 78.9 cm³/mol. The van der Waals surface area contributed by atoms with E-state index < -0.39 is 24.1 Å². The molecule has 22 heavy (non-hydrogen) atoms. The summed E-state index contributed by atoms with van der Waals surface area (Å²) < 4.78 is 18.7. The molecule has 0 aromatic heterocycles. The number of nitrogens with zero attached hydrogens (tertiary/aromatic N) is 1. The normalized spacial score (nSPS) is 21.7. The third-order valence-electron chi connectivity index (χ3n) is 3.93. The summed E-state index contributed by atoms with van der Waals surface area (Å²) in [6, 6.07) is 3.88. The molecule has 2 unspecified atom stereocenters. The quantitative estimate of drug-likeness (QED) is 0.892. The zero-order valence-electron chi connectivity index (χ0n) is 12.7. The number of carbonyl (C=O) groups is 1. The molecule has 0 spiro atoms. The molecule has 1 saturated heterocycles. The van der Waals surface area contributed by atoms with Crippen molar-refractivity contribution in [1.82, 2.24) is 4.90 Å². The molecule has 2 atom stereocenters. The standard InChI is InChI=1S/C16H22FNO4/c1-2-22-16(21)18-7-5-13(20)10-15(18)14-9-12(17)4-3-11(14)6-8-19/h3-4,9,13,15,19-20H,2,5-8,10H2,1H3. The van der Waals surface area contributed by atoms with Crippen LogP contribution in [-0.4, -0.2) is 47.1 Å². The topological polar surface area (TPSA) is 70.0 Å². The van der Waals surface area contributed by atoms with Crippen molar-refractivity contribution in [2.75, 3.05) is 19.8 Å². The highest BCUT2D eigenvalue weighted by atomic mass is 19.1. The van der Waals surface area contributed by atoms with E-state index >= 15 is 0 Å². The first kappa shape index (κ1) is 16.7. The molecule has 2 N–H and O–H groups in total. The van der Waals surface area contributed by atoms with Gasteiger partial charge < -0.3 is 19.8 Å². The molecule has 1 heterocycles. The number of carbonyl (C=O) groups excluding carboxylic acids is 1. The van der Waals surface area contributed by atoms with Gasteiger partial charge in [0.05, 0.1) is 18.8 Å². The minimum absolute atomic E-state index is 0.0622. The fourth-order valence-corrected chi connectivity index (χ4v) is 2.89. The largest absolute Gasteiger partial charge is 0.450 e. The van der Waals surface area contributed by atoms with Crippen molar-refractivity contribution in [3.63, 3.8) is 0 Å². The van der Waals surface area contributed by atoms with Gasteiger partial charge in [0.2, 0.25) is 0 Å². The minimum Gasteiger partial charge on any atom is -0.450 e. The molecule has 0 bridgehead atoms. The Labute approximate surface area is 129 Å². The highest BCUT2D eigenvalue weighted by molar-refractivity contribution is 5.68.